The molecule has 1 aliphatic rings. The SMILES string of the molecule is Cc1cnc(-c2nc(N3CCSCC3)ncc2-c2onc(C)c2C)cn1. The molecule has 0 amide bonds. The highest BCUT2D eigenvalue weighted by Gasteiger charge is 2.22. The summed E-state index contributed by atoms with van der Waals surface area (Å²) in [4.78, 5) is 20.5. The molecule has 26 heavy (non-hydrogen) atoms. The molecule has 0 bridgehead atoms. The molecule has 8 heteroatoms. The monoisotopic (exact) mass is 368 g/mol. The van der Waals surface area contributed by atoms with Crippen LogP contribution in [0.5, 0.6) is 0 Å². The average molecular weight is 368 g/mol. The van der Waals surface area contributed by atoms with Gasteiger partial charge >= 0.3 is 0 Å². The molecule has 1 aliphatic heterocycles. The maximum atomic E-state index is 5.56. The number of anilines is 1. The fourth-order valence-electron chi connectivity index (χ4n) is 2.83. The van der Waals surface area contributed by atoms with Gasteiger partial charge in [0.15, 0.2) is 5.76 Å². The van der Waals surface area contributed by atoms with E-state index in [1.54, 1.807) is 12.4 Å². The minimum absolute atomic E-state index is 0.681. The maximum Gasteiger partial charge on any atom is 0.226 e. The van der Waals surface area contributed by atoms with Crippen LogP contribution in [0.25, 0.3) is 22.7 Å². The third kappa shape index (κ3) is 3.16. The van der Waals surface area contributed by atoms with Crippen LogP contribution in [0.15, 0.2) is 23.1 Å². The Kier molecular flexibility index (Phi) is 4.58. The maximum absolute atomic E-state index is 5.56. The van der Waals surface area contributed by atoms with E-state index in [2.05, 4.69) is 25.0 Å². The molecule has 0 N–H and O–H groups in total. The Morgan fingerprint density at radius 2 is 1.81 bits per heavy atom. The fourth-order valence-corrected chi connectivity index (χ4v) is 3.73. The zero-order valence-electron chi connectivity index (χ0n) is 15.1. The van der Waals surface area contributed by atoms with Crippen LogP contribution < -0.4 is 4.90 Å². The second kappa shape index (κ2) is 7.03. The van der Waals surface area contributed by atoms with Gasteiger partial charge in [-0.2, -0.15) is 11.8 Å². The van der Waals surface area contributed by atoms with Crippen molar-refractivity contribution in [2.75, 3.05) is 29.5 Å². The van der Waals surface area contributed by atoms with Gasteiger partial charge < -0.3 is 9.42 Å². The van der Waals surface area contributed by atoms with E-state index >= 15 is 0 Å². The van der Waals surface area contributed by atoms with Crippen molar-refractivity contribution in [2.24, 2.45) is 0 Å². The number of thioether (sulfide) groups is 1. The van der Waals surface area contributed by atoms with E-state index in [-0.39, 0.29) is 0 Å². The van der Waals surface area contributed by atoms with Gasteiger partial charge in [-0.3, -0.25) is 9.97 Å². The summed E-state index contributed by atoms with van der Waals surface area (Å²) in [5.74, 6) is 3.58. The largest absolute Gasteiger partial charge is 0.356 e. The Labute approximate surface area is 156 Å². The third-order valence-corrected chi connectivity index (χ3v) is 5.44. The lowest BCUT2D eigenvalue weighted by molar-refractivity contribution is 0.426. The molecule has 3 aromatic heterocycles. The minimum atomic E-state index is 0.681. The number of hydrogen-bond acceptors (Lipinski definition) is 8. The standard InChI is InChI=1S/C18H20N6OS/c1-11-8-20-15(10-19-11)16-14(17-12(2)13(3)23-25-17)9-21-18(22-16)24-4-6-26-7-5-24/h8-10H,4-7H2,1-3H3. The van der Waals surface area contributed by atoms with Crippen LogP contribution in [0.2, 0.25) is 0 Å². The van der Waals surface area contributed by atoms with Crippen LogP contribution in [-0.2, 0) is 0 Å². The molecule has 7 nitrogen and oxygen atoms in total. The predicted octanol–water partition coefficient (Wildman–Crippen LogP) is 3.07. The summed E-state index contributed by atoms with van der Waals surface area (Å²) >= 11 is 1.96. The van der Waals surface area contributed by atoms with Crippen molar-refractivity contribution in [1.29, 1.82) is 0 Å². The number of hydrogen-bond donors (Lipinski definition) is 0. The van der Waals surface area contributed by atoms with E-state index in [9.17, 15) is 0 Å². The molecular weight excluding hydrogens is 348 g/mol. The van der Waals surface area contributed by atoms with E-state index in [1.165, 1.54) is 0 Å². The molecule has 0 spiro atoms. The van der Waals surface area contributed by atoms with Crippen molar-refractivity contribution < 1.29 is 4.52 Å². The van der Waals surface area contributed by atoms with E-state index in [4.69, 9.17) is 9.51 Å². The Morgan fingerprint density at radius 3 is 2.46 bits per heavy atom. The summed E-state index contributed by atoms with van der Waals surface area (Å²) in [6.07, 6.45) is 5.31. The highest BCUT2D eigenvalue weighted by Crippen LogP contribution is 2.33. The number of aryl methyl sites for hydroxylation is 2. The number of rotatable bonds is 3. The first-order chi connectivity index (χ1) is 12.6. The van der Waals surface area contributed by atoms with Crippen LogP contribution in [0.4, 0.5) is 5.95 Å². The summed E-state index contributed by atoms with van der Waals surface area (Å²) in [6.45, 7) is 7.72. The van der Waals surface area contributed by atoms with E-state index in [1.807, 2.05) is 38.7 Å². The molecule has 1 fully saturated rings. The lowest BCUT2D eigenvalue weighted by Gasteiger charge is -2.26. The van der Waals surface area contributed by atoms with Gasteiger partial charge in [-0.1, -0.05) is 5.16 Å². The fraction of sp³-hybridized carbons (Fsp3) is 0.389. The molecule has 134 valence electrons. The number of nitrogens with zero attached hydrogens (tertiary/aromatic N) is 6. The number of aromatic nitrogens is 5. The summed E-state index contributed by atoms with van der Waals surface area (Å²) in [6, 6.07) is 0. The van der Waals surface area contributed by atoms with Crippen molar-refractivity contribution in [2.45, 2.75) is 20.8 Å². The molecule has 0 saturated carbocycles. The van der Waals surface area contributed by atoms with Crippen LogP contribution >= 0.6 is 11.8 Å². The summed E-state index contributed by atoms with van der Waals surface area (Å²) in [5, 5.41) is 4.07. The lowest BCUT2D eigenvalue weighted by Crippen LogP contribution is -2.33. The molecule has 0 radical (unpaired) electrons. The van der Waals surface area contributed by atoms with Crippen molar-refractivity contribution in [3.63, 3.8) is 0 Å². The smallest absolute Gasteiger partial charge is 0.226 e. The van der Waals surface area contributed by atoms with Crippen LogP contribution in [0, 0.1) is 20.8 Å². The molecule has 3 aromatic rings. The highest BCUT2D eigenvalue weighted by atomic mass is 32.2. The second-order valence-electron chi connectivity index (χ2n) is 6.30. The van der Waals surface area contributed by atoms with Gasteiger partial charge in [-0.15, -0.1) is 0 Å². The van der Waals surface area contributed by atoms with Crippen molar-refractivity contribution in [3.05, 3.63) is 35.5 Å². The van der Waals surface area contributed by atoms with Gasteiger partial charge in [0.05, 0.1) is 23.1 Å². The Hall–Kier alpha value is -2.48. The molecule has 1 saturated heterocycles. The molecular formula is C18H20N6OS. The van der Waals surface area contributed by atoms with Gasteiger partial charge in [0.2, 0.25) is 5.95 Å². The topological polar surface area (TPSA) is 80.8 Å². The first kappa shape index (κ1) is 17.0. The van der Waals surface area contributed by atoms with Crippen LogP contribution in [0.1, 0.15) is 17.0 Å². The van der Waals surface area contributed by atoms with Crippen molar-refractivity contribution in [3.8, 4) is 22.7 Å². The van der Waals surface area contributed by atoms with Gasteiger partial charge in [0, 0.05) is 42.6 Å². The molecule has 0 unspecified atom stereocenters. The van der Waals surface area contributed by atoms with Gasteiger partial charge in [0.1, 0.15) is 11.4 Å². The van der Waals surface area contributed by atoms with Crippen LogP contribution in [-0.4, -0.2) is 49.7 Å². The Balaban J connectivity index is 1.85. The first-order valence-electron chi connectivity index (χ1n) is 8.55. The molecule has 0 aliphatic carbocycles. The van der Waals surface area contributed by atoms with Crippen molar-refractivity contribution >= 4 is 17.7 Å². The Bertz CT molecular complexity index is 918. The summed E-state index contributed by atoms with van der Waals surface area (Å²) in [7, 11) is 0. The first-order valence-corrected chi connectivity index (χ1v) is 9.71. The lowest BCUT2D eigenvalue weighted by atomic mass is 10.1. The summed E-state index contributed by atoms with van der Waals surface area (Å²) < 4.78 is 5.56. The van der Waals surface area contributed by atoms with Gasteiger partial charge in [0.25, 0.3) is 0 Å². The molecule has 4 rings (SSSR count). The zero-order chi connectivity index (χ0) is 18.1. The normalized spacial score (nSPS) is 14.7. The van der Waals surface area contributed by atoms with Gasteiger partial charge in [-0.25, -0.2) is 9.97 Å². The Morgan fingerprint density at radius 1 is 1.00 bits per heavy atom. The molecule has 4 heterocycles. The van der Waals surface area contributed by atoms with E-state index in [0.29, 0.717) is 11.5 Å². The minimum Gasteiger partial charge on any atom is -0.356 e. The summed E-state index contributed by atoms with van der Waals surface area (Å²) in [5.41, 5.74) is 4.92. The average Bonchev–Trinajstić information content (AvgIpc) is 3.01. The second-order valence-corrected chi connectivity index (χ2v) is 7.52. The molecule has 0 aromatic carbocycles. The zero-order valence-corrected chi connectivity index (χ0v) is 15.9. The quantitative estimate of drug-likeness (QED) is 0.698. The predicted molar refractivity (Wildman–Crippen MR) is 102 cm³/mol. The third-order valence-electron chi connectivity index (χ3n) is 4.50. The van der Waals surface area contributed by atoms with Crippen LogP contribution in [0.3, 0.4) is 0 Å². The van der Waals surface area contributed by atoms with E-state index in [0.717, 1.165) is 58.8 Å². The molecule has 0 atom stereocenters. The van der Waals surface area contributed by atoms with Crippen molar-refractivity contribution in [1.82, 2.24) is 25.1 Å². The highest BCUT2D eigenvalue weighted by molar-refractivity contribution is 7.99. The van der Waals surface area contributed by atoms with E-state index < -0.39 is 0 Å². The van der Waals surface area contributed by atoms with Gasteiger partial charge in [-0.05, 0) is 20.8 Å².